The molecule has 10 nitrogen and oxygen atoms in total. The van der Waals surface area contributed by atoms with Gasteiger partial charge in [0, 0.05) is 56.4 Å². The van der Waals surface area contributed by atoms with Gasteiger partial charge in [-0.1, -0.05) is 6.58 Å². The molecule has 0 radical (unpaired) electrons. The SMILES string of the molecule is C=CC(=O)N1CCN(c2nc(OCCN(C)C)nc3c2CCC(N2CCCc4cc(OC)ccc42)C3)C[C@@H]1CC#N. The Morgan fingerprint density at radius 1 is 1.24 bits per heavy atom. The second-order valence-corrected chi connectivity index (χ2v) is 11.3. The topological polar surface area (TPSA) is 98.1 Å². The van der Waals surface area contributed by atoms with E-state index in [-0.39, 0.29) is 18.4 Å². The lowest BCUT2D eigenvalue weighted by molar-refractivity contribution is -0.128. The first-order valence-corrected chi connectivity index (χ1v) is 14.6. The fourth-order valence-electron chi connectivity index (χ4n) is 6.31. The zero-order valence-electron chi connectivity index (χ0n) is 24.5. The lowest BCUT2D eigenvalue weighted by Gasteiger charge is -2.43. The summed E-state index contributed by atoms with van der Waals surface area (Å²) >= 11 is 0. The summed E-state index contributed by atoms with van der Waals surface area (Å²) < 4.78 is 11.6. The number of fused-ring (bicyclic) bond motifs is 2. The number of ether oxygens (including phenoxy) is 2. The number of carbonyl (C=O) groups excluding carboxylic acids is 1. The van der Waals surface area contributed by atoms with E-state index in [0.717, 1.165) is 68.0 Å². The molecule has 10 heteroatoms. The largest absolute Gasteiger partial charge is 0.497 e. The van der Waals surface area contributed by atoms with Gasteiger partial charge in [-0.15, -0.1) is 0 Å². The van der Waals surface area contributed by atoms with Crippen LogP contribution in [0, 0.1) is 11.3 Å². The van der Waals surface area contributed by atoms with Crippen LogP contribution in [0.15, 0.2) is 30.9 Å². The number of hydrogen-bond acceptors (Lipinski definition) is 9. The summed E-state index contributed by atoms with van der Waals surface area (Å²) in [6.45, 7) is 7.62. The summed E-state index contributed by atoms with van der Waals surface area (Å²) in [6.07, 6.45) is 6.46. The number of nitriles is 1. The van der Waals surface area contributed by atoms with Gasteiger partial charge in [-0.3, -0.25) is 4.79 Å². The van der Waals surface area contributed by atoms with Gasteiger partial charge in [0.25, 0.3) is 0 Å². The Morgan fingerprint density at radius 2 is 2.10 bits per heavy atom. The Labute approximate surface area is 243 Å². The van der Waals surface area contributed by atoms with Crippen LogP contribution in [0.3, 0.4) is 0 Å². The molecule has 218 valence electrons. The molecule has 1 aromatic heterocycles. The van der Waals surface area contributed by atoms with Gasteiger partial charge in [0.15, 0.2) is 0 Å². The molecular weight excluding hydrogens is 518 g/mol. The summed E-state index contributed by atoms with van der Waals surface area (Å²) in [7, 11) is 5.74. The van der Waals surface area contributed by atoms with Crippen LogP contribution in [0.1, 0.15) is 36.1 Å². The number of rotatable bonds is 9. The molecule has 1 aliphatic carbocycles. The summed E-state index contributed by atoms with van der Waals surface area (Å²) in [6, 6.07) is 9.19. The number of piperazine rings is 1. The molecule has 1 amide bonds. The molecule has 0 N–H and O–H groups in total. The van der Waals surface area contributed by atoms with Gasteiger partial charge in [-0.25, -0.2) is 0 Å². The highest BCUT2D eigenvalue weighted by Crippen LogP contribution is 2.37. The van der Waals surface area contributed by atoms with Crippen LogP contribution in [0.5, 0.6) is 11.8 Å². The van der Waals surface area contributed by atoms with E-state index in [0.29, 0.717) is 38.3 Å². The predicted molar refractivity (Wildman–Crippen MR) is 159 cm³/mol. The van der Waals surface area contributed by atoms with Crippen LogP contribution in [-0.2, 0) is 24.1 Å². The van der Waals surface area contributed by atoms with Gasteiger partial charge in [-0.2, -0.15) is 15.2 Å². The lowest BCUT2D eigenvalue weighted by atomic mass is 9.88. The maximum atomic E-state index is 12.5. The number of amides is 1. The molecule has 41 heavy (non-hydrogen) atoms. The minimum Gasteiger partial charge on any atom is -0.497 e. The van der Waals surface area contributed by atoms with Crippen LogP contribution in [0.4, 0.5) is 11.5 Å². The number of benzene rings is 1. The Hall–Kier alpha value is -3.84. The normalized spacial score (nSPS) is 20.2. The van der Waals surface area contributed by atoms with E-state index in [4.69, 9.17) is 19.4 Å². The third kappa shape index (κ3) is 6.25. The second-order valence-electron chi connectivity index (χ2n) is 11.3. The smallest absolute Gasteiger partial charge is 0.318 e. The monoisotopic (exact) mass is 559 g/mol. The van der Waals surface area contributed by atoms with E-state index in [1.807, 2.05) is 14.1 Å². The molecule has 1 fully saturated rings. The second kappa shape index (κ2) is 12.8. The number of hydrogen-bond donors (Lipinski definition) is 0. The number of methoxy groups -OCH3 is 1. The molecule has 2 aliphatic heterocycles. The van der Waals surface area contributed by atoms with E-state index in [1.165, 1.54) is 17.3 Å². The van der Waals surface area contributed by atoms with Gasteiger partial charge in [0.2, 0.25) is 5.91 Å². The highest BCUT2D eigenvalue weighted by molar-refractivity contribution is 5.87. The molecule has 3 heterocycles. The van der Waals surface area contributed by atoms with Crippen LogP contribution >= 0.6 is 0 Å². The quantitative estimate of drug-likeness (QED) is 0.430. The molecule has 2 aromatic rings. The van der Waals surface area contributed by atoms with Crippen LogP contribution in [-0.4, -0.2) is 98.3 Å². The first kappa shape index (κ1) is 28.7. The Kier molecular flexibility index (Phi) is 8.93. The van der Waals surface area contributed by atoms with Crippen molar-refractivity contribution in [2.24, 2.45) is 0 Å². The lowest BCUT2D eigenvalue weighted by Crippen LogP contribution is -2.55. The number of likely N-dealkylation sites (N-methyl/N-ethyl adjacent to an activating group) is 1. The minimum absolute atomic E-state index is 0.135. The zero-order chi connectivity index (χ0) is 28.9. The highest BCUT2D eigenvalue weighted by atomic mass is 16.5. The van der Waals surface area contributed by atoms with Gasteiger partial charge in [0.1, 0.15) is 18.2 Å². The number of aromatic nitrogens is 2. The van der Waals surface area contributed by atoms with Crippen molar-refractivity contribution < 1.29 is 14.3 Å². The molecule has 5 rings (SSSR count). The van der Waals surface area contributed by atoms with Gasteiger partial charge in [0.05, 0.1) is 31.3 Å². The maximum absolute atomic E-state index is 12.5. The van der Waals surface area contributed by atoms with Crippen LogP contribution in [0.25, 0.3) is 0 Å². The summed E-state index contributed by atoms with van der Waals surface area (Å²) in [5, 5.41) is 9.48. The standard InChI is InChI=1S/C31H41N7O3/c1-5-29(39)38-16-15-36(21-24(38)12-13-32)30-26-10-8-23(20-27(26)33-31(34-30)41-18-17-35(2)3)37-14-6-7-22-19-25(40-4)9-11-28(22)37/h5,9,11,19,23-24H,1,6-8,10,12,14-18,20-21H2,2-4H3/t23?,24-/m0/s1. The van der Waals surface area contributed by atoms with E-state index < -0.39 is 0 Å². The Bertz CT molecular complexity index is 1310. The van der Waals surface area contributed by atoms with Crippen LogP contribution < -0.4 is 19.3 Å². The van der Waals surface area contributed by atoms with Gasteiger partial charge >= 0.3 is 6.01 Å². The molecule has 0 spiro atoms. The first-order valence-electron chi connectivity index (χ1n) is 14.6. The van der Waals surface area contributed by atoms with E-state index >= 15 is 0 Å². The van der Waals surface area contributed by atoms with Gasteiger partial charge in [-0.05, 0) is 69.6 Å². The summed E-state index contributed by atoms with van der Waals surface area (Å²) in [5.41, 5.74) is 4.83. The van der Waals surface area contributed by atoms with Crippen molar-refractivity contribution in [3.05, 3.63) is 47.7 Å². The van der Waals surface area contributed by atoms with E-state index in [1.54, 1.807) is 12.0 Å². The molecule has 1 aromatic carbocycles. The fourth-order valence-corrected chi connectivity index (χ4v) is 6.31. The number of nitrogens with zero attached hydrogens (tertiary/aromatic N) is 7. The average molecular weight is 560 g/mol. The Morgan fingerprint density at radius 3 is 2.85 bits per heavy atom. The van der Waals surface area contributed by atoms with Crippen molar-refractivity contribution >= 4 is 17.4 Å². The molecule has 2 atom stereocenters. The molecule has 1 unspecified atom stereocenters. The maximum Gasteiger partial charge on any atom is 0.318 e. The summed E-state index contributed by atoms with van der Waals surface area (Å²) in [4.78, 5) is 31.0. The predicted octanol–water partition coefficient (Wildman–Crippen LogP) is 2.85. The van der Waals surface area contributed by atoms with Crippen LogP contribution in [0.2, 0.25) is 0 Å². The molecule has 3 aliphatic rings. The molecule has 0 bridgehead atoms. The van der Waals surface area contributed by atoms with Crippen molar-refractivity contribution in [1.82, 2.24) is 19.8 Å². The van der Waals surface area contributed by atoms with Crippen molar-refractivity contribution in [3.8, 4) is 17.8 Å². The Balaban J connectivity index is 1.44. The number of carbonyl (C=O) groups is 1. The molecule has 0 saturated carbocycles. The van der Waals surface area contributed by atoms with Crippen molar-refractivity contribution in [2.75, 3.05) is 70.3 Å². The number of anilines is 2. The van der Waals surface area contributed by atoms with Gasteiger partial charge < -0.3 is 29.1 Å². The minimum atomic E-state index is -0.221. The third-order valence-electron chi connectivity index (χ3n) is 8.43. The molecular formula is C31H41N7O3. The third-order valence-corrected chi connectivity index (χ3v) is 8.43. The summed E-state index contributed by atoms with van der Waals surface area (Å²) in [5.74, 6) is 1.65. The van der Waals surface area contributed by atoms with Crippen molar-refractivity contribution in [1.29, 1.82) is 5.26 Å². The fraction of sp³-hybridized carbons (Fsp3) is 0.548. The number of aryl methyl sites for hydroxylation is 1. The zero-order valence-corrected chi connectivity index (χ0v) is 24.5. The van der Waals surface area contributed by atoms with E-state index in [2.05, 4.69) is 45.5 Å². The van der Waals surface area contributed by atoms with E-state index in [9.17, 15) is 10.1 Å². The average Bonchev–Trinajstić information content (AvgIpc) is 2.99. The van der Waals surface area contributed by atoms with Crippen molar-refractivity contribution in [3.63, 3.8) is 0 Å². The highest BCUT2D eigenvalue weighted by Gasteiger charge is 2.35. The molecule has 1 saturated heterocycles. The van der Waals surface area contributed by atoms with Crippen molar-refractivity contribution in [2.45, 2.75) is 50.6 Å². The first-order chi connectivity index (χ1) is 19.9.